The predicted octanol–water partition coefficient (Wildman–Crippen LogP) is 7.02. The summed E-state index contributed by atoms with van der Waals surface area (Å²) in [5.74, 6) is 0.730. The first-order valence-electron chi connectivity index (χ1n) is 14.4. The summed E-state index contributed by atoms with van der Waals surface area (Å²) in [4.78, 5) is 27.4. The largest absolute Gasteiger partial charge is 0.330 e. The van der Waals surface area contributed by atoms with Crippen molar-refractivity contribution in [3.8, 4) is 6.07 Å². The number of fused-ring (bicyclic) bond motifs is 5. The summed E-state index contributed by atoms with van der Waals surface area (Å²) in [6.45, 7) is 19.0. The number of allylic oxidation sites excluding steroid dienone is 2. The minimum absolute atomic E-state index is 0.0260. The predicted molar refractivity (Wildman–Crippen MR) is 145 cm³/mol. The summed E-state index contributed by atoms with van der Waals surface area (Å²) in [5, 5.41) is 9.89. The second-order valence-electron chi connectivity index (χ2n) is 15.5. The Balaban J connectivity index is 1.85. The minimum atomic E-state index is -0.588. The maximum Gasteiger partial charge on any atom is 0.178 e. The van der Waals surface area contributed by atoms with Crippen LogP contribution in [0.25, 0.3) is 0 Å². The van der Waals surface area contributed by atoms with Crippen LogP contribution < -0.4 is 5.73 Å². The first-order valence-corrected chi connectivity index (χ1v) is 14.4. The molecule has 2 N–H and O–H groups in total. The molecule has 0 heterocycles. The molecule has 0 saturated heterocycles. The lowest BCUT2D eigenvalue weighted by Gasteiger charge is -2.68. The smallest absolute Gasteiger partial charge is 0.178 e. The zero-order valence-electron chi connectivity index (χ0n) is 24.2. The van der Waals surface area contributed by atoms with E-state index in [1.807, 2.05) is 19.9 Å². The summed E-state index contributed by atoms with van der Waals surface area (Å²) in [6, 6.07) is 2.23. The van der Waals surface area contributed by atoms with E-state index >= 15 is 0 Å². The Morgan fingerprint density at radius 3 is 2.11 bits per heavy atom. The normalized spacial score (nSPS) is 46.4. The molecule has 0 aromatic rings. The van der Waals surface area contributed by atoms with E-state index in [9.17, 15) is 14.9 Å². The number of carbonyl (C=O) groups is 2. The van der Waals surface area contributed by atoms with Gasteiger partial charge in [-0.2, -0.15) is 5.26 Å². The van der Waals surface area contributed by atoms with Gasteiger partial charge in [-0.25, -0.2) is 0 Å². The summed E-state index contributed by atoms with van der Waals surface area (Å²) >= 11 is 0. The van der Waals surface area contributed by atoms with Gasteiger partial charge in [0.25, 0.3) is 0 Å². The van der Waals surface area contributed by atoms with E-state index in [-0.39, 0.29) is 50.6 Å². The van der Waals surface area contributed by atoms with Crippen LogP contribution >= 0.6 is 0 Å². The van der Waals surface area contributed by atoms with Gasteiger partial charge >= 0.3 is 0 Å². The van der Waals surface area contributed by atoms with Gasteiger partial charge in [-0.3, -0.25) is 9.59 Å². The van der Waals surface area contributed by atoms with Crippen LogP contribution in [0, 0.1) is 61.6 Å². The lowest BCUT2D eigenvalue weighted by Crippen LogP contribution is -2.65. The van der Waals surface area contributed by atoms with Crippen molar-refractivity contribution in [1.82, 2.24) is 0 Å². The molecule has 4 nitrogen and oxygen atoms in total. The molecular formula is C32H50N2O2. The molecule has 0 aliphatic heterocycles. The fourth-order valence-corrected chi connectivity index (χ4v) is 9.52. The molecule has 200 valence electrons. The highest BCUT2D eigenvalue weighted by atomic mass is 16.1. The molecular weight excluding hydrogens is 444 g/mol. The second kappa shape index (κ2) is 8.52. The van der Waals surface area contributed by atoms with Crippen LogP contribution in [0.15, 0.2) is 11.6 Å². The van der Waals surface area contributed by atoms with Gasteiger partial charge in [0.15, 0.2) is 5.78 Å². The number of rotatable bonds is 1. The molecule has 36 heavy (non-hydrogen) atoms. The molecule has 3 saturated carbocycles. The van der Waals surface area contributed by atoms with E-state index in [1.165, 1.54) is 0 Å². The Kier molecular flexibility index (Phi) is 6.52. The van der Waals surface area contributed by atoms with Crippen molar-refractivity contribution in [1.29, 1.82) is 5.26 Å². The van der Waals surface area contributed by atoms with Gasteiger partial charge in [-0.15, -0.1) is 0 Å². The van der Waals surface area contributed by atoms with Crippen molar-refractivity contribution < 1.29 is 9.59 Å². The Morgan fingerprint density at radius 2 is 1.50 bits per heavy atom. The monoisotopic (exact) mass is 494 g/mol. The first-order chi connectivity index (χ1) is 16.5. The highest BCUT2D eigenvalue weighted by Crippen LogP contribution is 2.72. The molecule has 0 amide bonds. The Labute approximate surface area is 219 Å². The third-order valence-electron chi connectivity index (χ3n) is 12.6. The number of hydrogen-bond acceptors (Lipinski definition) is 4. The molecule has 0 bridgehead atoms. The van der Waals surface area contributed by atoms with Crippen LogP contribution in [0.3, 0.4) is 0 Å². The zero-order chi connectivity index (χ0) is 26.9. The van der Waals surface area contributed by atoms with E-state index in [0.717, 1.165) is 51.4 Å². The van der Waals surface area contributed by atoms with Gasteiger partial charge in [-0.05, 0) is 96.8 Å². The standard InChI is InChI=1S/C32H50N2O2/c1-27(2)11-9-22-23(35)17-25-30(6)18-21(19-33)26(36)28(3,4)24(30)10-12-32(25,8)31(22,7)16-15-29(5,20-34)14-13-27/h18,22,24-25H,9-17,20,34H2,1-8H3/t22?,24?,25?,29-,30-,31+,32+/m0/s1. The fourth-order valence-electron chi connectivity index (χ4n) is 9.52. The van der Waals surface area contributed by atoms with Crippen LogP contribution in [0.2, 0.25) is 0 Å². The van der Waals surface area contributed by atoms with Gasteiger partial charge in [0.2, 0.25) is 0 Å². The molecule has 4 aliphatic carbocycles. The van der Waals surface area contributed by atoms with Crippen molar-refractivity contribution in [2.75, 3.05) is 6.54 Å². The summed E-state index contributed by atoms with van der Waals surface area (Å²) in [7, 11) is 0. The molecule has 4 aliphatic rings. The lowest BCUT2D eigenvalue weighted by atomic mass is 9.35. The van der Waals surface area contributed by atoms with Crippen LogP contribution in [0.5, 0.6) is 0 Å². The highest BCUT2D eigenvalue weighted by Gasteiger charge is 2.68. The van der Waals surface area contributed by atoms with Crippen molar-refractivity contribution >= 4 is 11.6 Å². The van der Waals surface area contributed by atoms with Gasteiger partial charge in [0, 0.05) is 17.8 Å². The molecule has 0 spiro atoms. The Hall–Kier alpha value is -1.47. The number of nitriles is 1. The van der Waals surface area contributed by atoms with Crippen molar-refractivity contribution in [3.05, 3.63) is 11.6 Å². The van der Waals surface area contributed by atoms with Gasteiger partial charge in [0.05, 0.1) is 5.57 Å². The summed E-state index contributed by atoms with van der Waals surface area (Å²) < 4.78 is 0. The minimum Gasteiger partial charge on any atom is -0.330 e. The number of nitrogens with zero attached hydrogens (tertiary/aromatic N) is 1. The molecule has 0 aromatic carbocycles. The lowest BCUT2D eigenvalue weighted by molar-refractivity contribution is -0.191. The van der Waals surface area contributed by atoms with Crippen LogP contribution in [-0.2, 0) is 9.59 Å². The number of Topliss-reactive ketones (excluding diaryl/α,β-unsaturated/α-hetero) is 2. The van der Waals surface area contributed by atoms with Crippen molar-refractivity contribution in [2.24, 2.45) is 56.0 Å². The summed E-state index contributed by atoms with van der Waals surface area (Å²) in [6.07, 6.45) is 11.0. The number of carbonyl (C=O) groups excluding carboxylic acids is 2. The summed E-state index contributed by atoms with van der Waals surface area (Å²) in [5.41, 5.74) is 5.87. The first kappa shape index (κ1) is 27.6. The molecule has 4 heteroatoms. The maximum absolute atomic E-state index is 14.2. The van der Waals surface area contributed by atoms with Gasteiger partial charge < -0.3 is 5.73 Å². The third kappa shape index (κ3) is 3.86. The topological polar surface area (TPSA) is 84.0 Å². The van der Waals surface area contributed by atoms with E-state index in [0.29, 0.717) is 24.3 Å². The van der Waals surface area contributed by atoms with Gasteiger partial charge in [-0.1, -0.05) is 61.5 Å². The van der Waals surface area contributed by atoms with Crippen LogP contribution in [0.1, 0.15) is 113 Å². The van der Waals surface area contributed by atoms with E-state index in [4.69, 9.17) is 5.73 Å². The number of ketones is 2. The molecule has 3 unspecified atom stereocenters. The average molecular weight is 495 g/mol. The number of hydrogen-bond donors (Lipinski definition) is 1. The maximum atomic E-state index is 14.2. The molecule has 3 fully saturated rings. The fraction of sp³-hybridized carbons (Fsp3) is 0.844. The van der Waals surface area contributed by atoms with Crippen LogP contribution in [-0.4, -0.2) is 18.1 Å². The van der Waals surface area contributed by atoms with Crippen molar-refractivity contribution in [3.63, 3.8) is 0 Å². The number of nitrogens with two attached hydrogens (primary N) is 1. The Bertz CT molecular complexity index is 1020. The van der Waals surface area contributed by atoms with Gasteiger partial charge in [0.1, 0.15) is 11.9 Å². The second-order valence-corrected chi connectivity index (χ2v) is 15.5. The quantitative estimate of drug-likeness (QED) is 0.424. The molecule has 0 aromatic heterocycles. The SMILES string of the molecule is CC1(C)CCC2C(=O)CC3[C@@]4(C)C=C(C#N)C(=O)C(C)(C)C4CC[C@@]3(C)[C@]2(C)CC[C@@](C)(CN)CC1. The highest BCUT2D eigenvalue weighted by molar-refractivity contribution is 6.04. The molecule has 0 radical (unpaired) electrons. The average Bonchev–Trinajstić information content (AvgIpc) is 2.80. The van der Waals surface area contributed by atoms with E-state index in [1.54, 1.807) is 0 Å². The zero-order valence-corrected chi connectivity index (χ0v) is 24.2. The molecule has 4 rings (SSSR count). The molecule has 7 atom stereocenters. The van der Waals surface area contributed by atoms with Crippen LogP contribution in [0.4, 0.5) is 0 Å². The van der Waals surface area contributed by atoms with E-state index in [2.05, 4.69) is 47.6 Å². The van der Waals surface area contributed by atoms with Crippen molar-refractivity contribution in [2.45, 2.75) is 113 Å². The van der Waals surface area contributed by atoms with E-state index < -0.39 is 5.41 Å². The Morgan fingerprint density at radius 1 is 0.861 bits per heavy atom. The third-order valence-corrected chi connectivity index (χ3v) is 12.6.